The van der Waals surface area contributed by atoms with Crippen LogP contribution in [-0.2, 0) is 25.5 Å². The zero-order valence-electron chi connectivity index (χ0n) is 26.1. The Morgan fingerprint density at radius 2 is 1.52 bits per heavy atom. The molecule has 8 aromatic rings. The smallest absolute Gasteiger partial charge is 0.168 e. The molecule has 229 valence electrons. The Labute approximate surface area is 282 Å². The van der Waals surface area contributed by atoms with E-state index in [0.29, 0.717) is 0 Å². The van der Waals surface area contributed by atoms with Crippen LogP contribution in [0.1, 0.15) is 31.9 Å². The maximum absolute atomic E-state index is 6.40. The first-order chi connectivity index (χ1) is 21.9. The summed E-state index contributed by atoms with van der Waals surface area (Å²) < 4.78 is 8.60. The second-order valence-corrected chi connectivity index (χ2v) is 12.0. The van der Waals surface area contributed by atoms with Crippen molar-refractivity contribution in [1.82, 2.24) is 19.5 Å². The molecule has 4 heterocycles. The fourth-order valence-electron chi connectivity index (χ4n) is 5.77. The molecule has 0 bridgehead atoms. The summed E-state index contributed by atoms with van der Waals surface area (Å²) in [6.45, 7) is 8.77. The molecule has 6 heteroatoms. The minimum atomic E-state index is -0.0727. The number of nitrogens with zero attached hydrogens (tertiary/aromatic N) is 4. The van der Waals surface area contributed by atoms with E-state index < -0.39 is 0 Å². The number of pyridine rings is 2. The van der Waals surface area contributed by atoms with Crippen LogP contribution in [0.15, 0.2) is 126 Å². The summed E-state index contributed by atoms with van der Waals surface area (Å²) in [5, 5.41) is 2.21. The molecule has 0 aliphatic rings. The van der Waals surface area contributed by atoms with Crippen molar-refractivity contribution < 1.29 is 24.5 Å². The molecule has 0 saturated carbocycles. The predicted octanol–water partition coefficient (Wildman–Crippen LogP) is 9.94. The van der Waals surface area contributed by atoms with Crippen LogP contribution in [0.3, 0.4) is 0 Å². The molecular formula is C40H32IrN4O-2. The summed E-state index contributed by atoms with van der Waals surface area (Å²) in [6.07, 6.45) is 3.64. The van der Waals surface area contributed by atoms with E-state index in [0.717, 1.165) is 67.0 Å². The molecular weight excluding hydrogens is 745 g/mol. The largest absolute Gasteiger partial charge is 0.501 e. The van der Waals surface area contributed by atoms with Crippen molar-refractivity contribution in [2.24, 2.45) is 0 Å². The van der Waals surface area contributed by atoms with Crippen LogP contribution in [0.4, 0.5) is 0 Å². The average molecular weight is 777 g/mol. The van der Waals surface area contributed by atoms with Gasteiger partial charge in [-0.2, -0.15) is 0 Å². The van der Waals surface area contributed by atoms with Crippen molar-refractivity contribution in [3.63, 3.8) is 0 Å². The Bertz CT molecular complexity index is 2210. The topological polar surface area (TPSA) is 56.7 Å². The van der Waals surface area contributed by atoms with Gasteiger partial charge in [0.2, 0.25) is 0 Å². The van der Waals surface area contributed by atoms with E-state index in [9.17, 15) is 0 Å². The Balaban J connectivity index is 0.000000241. The minimum Gasteiger partial charge on any atom is -0.501 e. The quantitative estimate of drug-likeness (QED) is 0.168. The Morgan fingerprint density at radius 3 is 2.26 bits per heavy atom. The molecule has 0 N–H and O–H groups in total. The Hall–Kier alpha value is -4.90. The van der Waals surface area contributed by atoms with Gasteiger partial charge in [0.05, 0.1) is 16.9 Å². The predicted molar refractivity (Wildman–Crippen MR) is 182 cm³/mol. The van der Waals surface area contributed by atoms with Gasteiger partial charge in [0, 0.05) is 43.6 Å². The van der Waals surface area contributed by atoms with E-state index in [4.69, 9.17) is 9.40 Å². The number of para-hydroxylation sites is 2. The number of aromatic nitrogens is 4. The fraction of sp³-hybridized carbons (Fsp3) is 0.125. The fourth-order valence-corrected chi connectivity index (χ4v) is 5.77. The number of benzene rings is 4. The first kappa shape index (κ1) is 31.1. The van der Waals surface area contributed by atoms with Gasteiger partial charge in [-0.3, -0.25) is 4.98 Å². The number of imidazole rings is 1. The van der Waals surface area contributed by atoms with Gasteiger partial charge in [0.25, 0.3) is 0 Å². The van der Waals surface area contributed by atoms with E-state index >= 15 is 0 Å². The summed E-state index contributed by atoms with van der Waals surface area (Å²) in [5.41, 5.74) is 9.56. The van der Waals surface area contributed by atoms with Gasteiger partial charge < -0.3 is 14.0 Å². The number of rotatable bonds is 3. The third-order valence-electron chi connectivity index (χ3n) is 7.90. The number of fused-ring (bicyclic) bond motifs is 4. The summed E-state index contributed by atoms with van der Waals surface area (Å²) in [6, 6.07) is 42.9. The summed E-state index contributed by atoms with van der Waals surface area (Å²) in [5.74, 6) is 0.782. The number of aryl methyl sites for hydroxylation is 1. The molecule has 4 aromatic heterocycles. The van der Waals surface area contributed by atoms with E-state index in [1.54, 1.807) is 6.20 Å². The van der Waals surface area contributed by atoms with E-state index in [-0.39, 0.29) is 25.5 Å². The summed E-state index contributed by atoms with van der Waals surface area (Å²) >= 11 is 0. The normalized spacial score (nSPS) is 11.3. The first-order valence-electron chi connectivity index (χ1n) is 15.0. The number of hydrogen-bond acceptors (Lipinski definition) is 4. The van der Waals surface area contributed by atoms with Crippen LogP contribution in [0, 0.1) is 19.1 Å². The molecule has 0 unspecified atom stereocenters. The van der Waals surface area contributed by atoms with Gasteiger partial charge >= 0.3 is 0 Å². The van der Waals surface area contributed by atoms with Crippen molar-refractivity contribution in [1.29, 1.82) is 0 Å². The van der Waals surface area contributed by atoms with Crippen LogP contribution in [0.2, 0.25) is 0 Å². The molecule has 0 aliphatic heterocycles. The van der Waals surface area contributed by atoms with Crippen LogP contribution in [0.25, 0.3) is 61.4 Å². The zero-order valence-corrected chi connectivity index (χ0v) is 28.5. The molecule has 0 spiro atoms. The SMILES string of the molecule is Cc1c[c-]c(-c2nc3nccc(C(C)(C)C)c3n2-c2ccccc2)c2oc3ccccc3c12.[Ir].[c-]1ccccc1-c1ccccn1. The average Bonchev–Trinajstić information content (AvgIpc) is 3.66. The van der Waals surface area contributed by atoms with E-state index in [1.165, 1.54) is 5.56 Å². The van der Waals surface area contributed by atoms with Gasteiger partial charge in [0.1, 0.15) is 5.58 Å². The molecule has 8 rings (SSSR count). The van der Waals surface area contributed by atoms with Crippen molar-refractivity contribution >= 4 is 33.1 Å². The van der Waals surface area contributed by atoms with Crippen LogP contribution in [-0.4, -0.2) is 19.5 Å². The van der Waals surface area contributed by atoms with Gasteiger partial charge in [0.15, 0.2) is 5.65 Å². The van der Waals surface area contributed by atoms with Gasteiger partial charge in [-0.1, -0.05) is 87.2 Å². The second-order valence-electron chi connectivity index (χ2n) is 12.0. The molecule has 46 heavy (non-hydrogen) atoms. The van der Waals surface area contributed by atoms with Crippen molar-refractivity contribution in [2.75, 3.05) is 0 Å². The van der Waals surface area contributed by atoms with Crippen molar-refractivity contribution in [2.45, 2.75) is 33.1 Å². The van der Waals surface area contributed by atoms with Crippen LogP contribution < -0.4 is 0 Å². The minimum absolute atomic E-state index is 0. The van der Waals surface area contributed by atoms with Gasteiger partial charge in [-0.15, -0.1) is 53.6 Å². The summed E-state index contributed by atoms with van der Waals surface area (Å²) in [7, 11) is 0. The van der Waals surface area contributed by atoms with Crippen LogP contribution in [0.5, 0.6) is 0 Å². The number of furan rings is 1. The third-order valence-corrected chi connectivity index (χ3v) is 7.90. The van der Waals surface area contributed by atoms with Crippen molar-refractivity contribution in [3.8, 4) is 28.3 Å². The van der Waals surface area contributed by atoms with Crippen LogP contribution >= 0.6 is 0 Å². The van der Waals surface area contributed by atoms with E-state index in [2.05, 4.69) is 78.6 Å². The molecule has 0 amide bonds. The molecule has 0 aliphatic carbocycles. The summed E-state index contributed by atoms with van der Waals surface area (Å²) in [4.78, 5) is 13.9. The molecule has 0 saturated heterocycles. The standard InChI is InChI=1S/C29H24N3O.C11H8N.Ir/c1-18-14-15-21(26-24(18)20-12-8-9-13-23(20)33-26)28-31-27-25(22(16-17-30-27)29(2,3)4)32(28)19-10-6-5-7-11-19;1-2-6-10(7-3-1)11-8-4-5-9-12-11;/h5-14,16-17H,1-4H3;1-6,8-9H;/q2*-1;. The molecule has 5 nitrogen and oxygen atoms in total. The molecule has 1 radical (unpaired) electrons. The second kappa shape index (κ2) is 12.8. The first-order valence-corrected chi connectivity index (χ1v) is 15.0. The maximum atomic E-state index is 6.40. The van der Waals surface area contributed by atoms with Gasteiger partial charge in [-0.25, -0.2) is 4.98 Å². The Kier molecular flexibility index (Phi) is 8.68. The van der Waals surface area contributed by atoms with E-state index in [1.807, 2.05) is 91.1 Å². The zero-order chi connectivity index (χ0) is 31.0. The van der Waals surface area contributed by atoms with Gasteiger partial charge in [-0.05, 0) is 47.0 Å². The molecule has 0 fully saturated rings. The monoisotopic (exact) mass is 777 g/mol. The molecule has 0 atom stereocenters. The molecule has 4 aromatic carbocycles. The maximum Gasteiger partial charge on any atom is 0.168 e. The number of hydrogen-bond donors (Lipinski definition) is 0. The third kappa shape index (κ3) is 5.78. The van der Waals surface area contributed by atoms with Crippen molar-refractivity contribution in [3.05, 3.63) is 145 Å². The Morgan fingerprint density at radius 1 is 0.761 bits per heavy atom.